The summed E-state index contributed by atoms with van der Waals surface area (Å²) in [6.45, 7) is 0. The Balaban J connectivity index is 1.61. The number of rotatable bonds is 14. The van der Waals surface area contributed by atoms with Gasteiger partial charge < -0.3 is 16.6 Å². The van der Waals surface area contributed by atoms with Crippen molar-refractivity contribution >= 4 is 11.6 Å². The van der Waals surface area contributed by atoms with E-state index in [-0.39, 0.29) is 36.4 Å². The molecule has 0 saturated carbocycles. The quantitative estimate of drug-likeness (QED) is 0.386. The Bertz CT molecular complexity index is 877. The zero-order chi connectivity index (χ0) is 23.5. The second-order valence-electron chi connectivity index (χ2n) is 8.27. The topological polar surface area (TPSA) is 106 Å². The van der Waals surface area contributed by atoms with E-state index < -0.39 is 29.8 Å². The third-order valence-electron chi connectivity index (χ3n) is 5.41. The molecule has 5 N–H and O–H groups in total. The maximum absolute atomic E-state index is 13.7. The molecule has 5 nitrogen and oxygen atoms in total. The van der Waals surface area contributed by atoms with Gasteiger partial charge in [-0.15, -0.1) is 0 Å². The van der Waals surface area contributed by atoms with Gasteiger partial charge in [0.05, 0.1) is 0 Å². The highest BCUT2D eigenvalue weighted by Crippen LogP contribution is 2.14. The van der Waals surface area contributed by atoms with Gasteiger partial charge in [0.2, 0.25) is 0 Å². The molecule has 0 amide bonds. The van der Waals surface area contributed by atoms with E-state index in [4.69, 9.17) is 11.5 Å². The average molecular weight is 447 g/mol. The van der Waals surface area contributed by atoms with Gasteiger partial charge in [-0.2, -0.15) is 0 Å². The highest BCUT2D eigenvalue weighted by Gasteiger charge is 2.22. The zero-order valence-corrected chi connectivity index (χ0v) is 18.2. The van der Waals surface area contributed by atoms with Crippen molar-refractivity contribution in [3.05, 3.63) is 71.3 Å². The van der Waals surface area contributed by atoms with Gasteiger partial charge in [0.15, 0.2) is 5.78 Å². The number of unbranched alkanes of at least 4 members (excludes halogenated alkanes) is 2. The van der Waals surface area contributed by atoms with Gasteiger partial charge in [0, 0.05) is 31.3 Å². The highest BCUT2D eigenvalue weighted by molar-refractivity contribution is 5.83. The smallest absolute Gasteiger partial charge is 0.162 e. The predicted molar refractivity (Wildman–Crippen MR) is 120 cm³/mol. The molecule has 0 aliphatic carbocycles. The van der Waals surface area contributed by atoms with Crippen LogP contribution in [0.2, 0.25) is 0 Å². The molecule has 0 aliphatic rings. The second-order valence-corrected chi connectivity index (χ2v) is 8.27. The average Bonchev–Trinajstić information content (AvgIpc) is 2.76. The Morgan fingerprint density at radius 1 is 0.906 bits per heavy atom. The van der Waals surface area contributed by atoms with E-state index in [1.165, 1.54) is 0 Å². The van der Waals surface area contributed by atoms with Crippen molar-refractivity contribution < 1.29 is 23.5 Å². The van der Waals surface area contributed by atoms with Crippen LogP contribution in [0, 0.1) is 11.6 Å². The molecule has 3 unspecified atom stereocenters. The minimum atomic E-state index is -1.21. The fraction of sp³-hybridized carbons (Fsp3) is 0.440. The first-order valence-electron chi connectivity index (χ1n) is 11.0. The number of hydrogen-bond acceptors (Lipinski definition) is 5. The Labute approximate surface area is 187 Å². The van der Waals surface area contributed by atoms with Crippen LogP contribution in [-0.4, -0.2) is 34.9 Å². The number of hydrogen-bond donors (Lipinski definition) is 3. The molecule has 0 aromatic heterocycles. The SMILES string of the molecule is NC(CC(=O)CCCCCC(=O)C(O)C(N)Cc1ccccc1)Cc1cc(F)ccc1F. The summed E-state index contributed by atoms with van der Waals surface area (Å²) in [6, 6.07) is 11.4. The van der Waals surface area contributed by atoms with Gasteiger partial charge in [0.25, 0.3) is 0 Å². The molecule has 0 bridgehead atoms. The molecule has 2 rings (SSSR count). The van der Waals surface area contributed by atoms with Crippen molar-refractivity contribution in [2.45, 2.75) is 69.6 Å². The number of carbonyl (C=O) groups is 2. The summed E-state index contributed by atoms with van der Waals surface area (Å²) < 4.78 is 26.9. The lowest BCUT2D eigenvalue weighted by atomic mass is 9.96. The summed E-state index contributed by atoms with van der Waals surface area (Å²) in [5.74, 6) is -1.42. The lowest BCUT2D eigenvalue weighted by Crippen LogP contribution is -2.42. The number of aliphatic hydroxyl groups excluding tert-OH is 1. The molecule has 2 aromatic rings. The van der Waals surface area contributed by atoms with Crippen LogP contribution in [-0.2, 0) is 22.4 Å². The maximum atomic E-state index is 13.7. The summed E-state index contributed by atoms with van der Waals surface area (Å²) in [5.41, 5.74) is 13.0. The highest BCUT2D eigenvalue weighted by atomic mass is 19.1. The van der Waals surface area contributed by atoms with E-state index in [0.29, 0.717) is 32.1 Å². The predicted octanol–water partition coefficient (Wildman–Crippen LogP) is 3.24. The lowest BCUT2D eigenvalue weighted by molar-refractivity contribution is -0.128. The standard InChI is InChI=1S/C25H32F2N2O3/c26-19-11-12-22(27)18(14-19)15-20(28)16-21(30)9-5-2-6-10-24(31)25(32)23(29)13-17-7-3-1-4-8-17/h1,3-4,7-8,11-12,14,20,23,25,32H,2,5-6,9-10,13,15-16,28-29H2. The summed E-state index contributed by atoms with van der Waals surface area (Å²) in [5, 5.41) is 10.2. The fourth-order valence-electron chi connectivity index (χ4n) is 3.63. The van der Waals surface area contributed by atoms with Crippen molar-refractivity contribution in [2.24, 2.45) is 11.5 Å². The fourth-order valence-corrected chi connectivity index (χ4v) is 3.63. The summed E-state index contributed by atoms with van der Waals surface area (Å²) in [7, 11) is 0. The molecule has 0 radical (unpaired) electrons. The van der Waals surface area contributed by atoms with E-state index in [1.54, 1.807) is 0 Å². The number of Topliss-reactive ketones (excluding diaryl/α,β-unsaturated/α-hetero) is 2. The molecular formula is C25H32F2N2O3. The van der Waals surface area contributed by atoms with Gasteiger partial charge in [0.1, 0.15) is 23.5 Å². The first-order valence-corrected chi connectivity index (χ1v) is 11.0. The third-order valence-corrected chi connectivity index (χ3v) is 5.41. The van der Waals surface area contributed by atoms with Gasteiger partial charge >= 0.3 is 0 Å². The molecule has 2 aromatic carbocycles. The number of carbonyl (C=O) groups excluding carboxylic acids is 2. The summed E-state index contributed by atoms with van der Waals surface area (Å²) >= 11 is 0. The first-order chi connectivity index (χ1) is 15.3. The van der Waals surface area contributed by atoms with Crippen LogP contribution >= 0.6 is 0 Å². The Morgan fingerprint density at radius 3 is 2.31 bits per heavy atom. The minimum absolute atomic E-state index is 0.0504. The van der Waals surface area contributed by atoms with E-state index in [9.17, 15) is 23.5 Å². The molecule has 32 heavy (non-hydrogen) atoms. The third kappa shape index (κ3) is 8.94. The van der Waals surface area contributed by atoms with Crippen molar-refractivity contribution in [1.29, 1.82) is 0 Å². The van der Waals surface area contributed by atoms with Crippen LogP contribution < -0.4 is 11.5 Å². The van der Waals surface area contributed by atoms with Crippen molar-refractivity contribution in [3.63, 3.8) is 0 Å². The Morgan fingerprint density at radius 2 is 1.59 bits per heavy atom. The van der Waals surface area contributed by atoms with Gasteiger partial charge in [-0.1, -0.05) is 36.8 Å². The van der Waals surface area contributed by atoms with Crippen molar-refractivity contribution in [3.8, 4) is 0 Å². The second kappa shape index (κ2) is 13.2. The maximum Gasteiger partial charge on any atom is 0.162 e. The van der Waals surface area contributed by atoms with Crippen molar-refractivity contribution in [2.75, 3.05) is 0 Å². The molecule has 0 heterocycles. The zero-order valence-electron chi connectivity index (χ0n) is 18.2. The van der Waals surface area contributed by atoms with Crippen molar-refractivity contribution in [1.82, 2.24) is 0 Å². The monoisotopic (exact) mass is 446 g/mol. The molecule has 174 valence electrons. The van der Waals surface area contributed by atoms with Crippen LogP contribution in [0.1, 0.15) is 49.7 Å². The molecule has 3 atom stereocenters. The lowest BCUT2D eigenvalue weighted by Gasteiger charge is -2.18. The molecule has 0 saturated heterocycles. The van der Waals surface area contributed by atoms with E-state index in [0.717, 1.165) is 23.8 Å². The molecule has 7 heteroatoms. The van der Waals surface area contributed by atoms with Gasteiger partial charge in [-0.3, -0.25) is 9.59 Å². The molecule has 0 fully saturated rings. The number of nitrogens with two attached hydrogens (primary N) is 2. The summed E-state index contributed by atoms with van der Waals surface area (Å²) in [6.07, 6.45) is 1.71. The van der Waals surface area contributed by atoms with E-state index >= 15 is 0 Å². The minimum Gasteiger partial charge on any atom is -0.384 e. The molecular weight excluding hydrogens is 414 g/mol. The van der Waals surface area contributed by atoms with E-state index in [2.05, 4.69) is 0 Å². The number of halogens is 2. The number of benzene rings is 2. The van der Waals surface area contributed by atoms with Crippen LogP contribution in [0.5, 0.6) is 0 Å². The Kier molecular flexibility index (Phi) is 10.6. The van der Waals surface area contributed by atoms with Crippen LogP contribution in [0.15, 0.2) is 48.5 Å². The largest absolute Gasteiger partial charge is 0.384 e. The Hall–Kier alpha value is -2.48. The van der Waals surface area contributed by atoms with Crippen LogP contribution in [0.4, 0.5) is 8.78 Å². The molecule has 0 spiro atoms. The molecule has 0 aliphatic heterocycles. The number of ketones is 2. The first kappa shape index (κ1) is 25.8. The van der Waals surface area contributed by atoms with Crippen LogP contribution in [0.3, 0.4) is 0 Å². The number of aliphatic hydroxyl groups is 1. The van der Waals surface area contributed by atoms with Crippen LogP contribution in [0.25, 0.3) is 0 Å². The summed E-state index contributed by atoms with van der Waals surface area (Å²) in [4.78, 5) is 24.3. The normalized spacial score (nSPS) is 14.0. The van der Waals surface area contributed by atoms with Gasteiger partial charge in [-0.05, 0) is 55.0 Å². The van der Waals surface area contributed by atoms with Gasteiger partial charge in [-0.25, -0.2) is 8.78 Å². The van der Waals surface area contributed by atoms with E-state index in [1.807, 2.05) is 30.3 Å².